The third-order valence-electron chi connectivity index (χ3n) is 5.58. The van der Waals surface area contributed by atoms with E-state index in [4.69, 9.17) is 9.15 Å². The second kappa shape index (κ2) is 8.80. The van der Waals surface area contributed by atoms with Gasteiger partial charge in [0.05, 0.1) is 0 Å². The smallest absolute Gasteiger partial charge is 0.123 e. The summed E-state index contributed by atoms with van der Waals surface area (Å²) in [7, 11) is 0. The molecule has 2 atom stereocenters. The highest BCUT2D eigenvalue weighted by Gasteiger charge is 2.19. The number of furan rings is 1. The average Bonchev–Trinajstić information content (AvgIpc) is 3.08. The summed E-state index contributed by atoms with van der Waals surface area (Å²) >= 11 is 0. The van der Waals surface area contributed by atoms with Crippen LogP contribution in [0.3, 0.4) is 0 Å². The molecule has 0 radical (unpaired) electrons. The molecule has 0 saturated carbocycles. The molecule has 3 aromatic rings. The van der Waals surface area contributed by atoms with Gasteiger partial charge in [0.1, 0.15) is 30.0 Å². The van der Waals surface area contributed by atoms with E-state index in [9.17, 15) is 5.11 Å². The Morgan fingerprint density at radius 1 is 1.17 bits per heavy atom. The molecule has 3 heterocycles. The number of hydrogen-bond donors (Lipinski definition) is 1. The zero-order valence-corrected chi connectivity index (χ0v) is 17.0. The van der Waals surface area contributed by atoms with Gasteiger partial charge < -0.3 is 14.3 Å². The van der Waals surface area contributed by atoms with Crippen molar-refractivity contribution in [1.82, 2.24) is 9.88 Å². The van der Waals surface area contributed by atoms with Crippen LogP contribution in [-0.2, 0) is 6.54 Å². The van der Waals surface area contributed by atoms with Crippen LogP contribution in [0.15, 0.2) is 59.3 Å². The zero-order valence-electron chi connectivity index (χ0n) is 17.0. The number of nitrogens with zero attached hydrogens (tertiary/aromatic N) is 2. The molecule has 0 spiro atoms. The van der Waals surface area contributed by atoms with Crippen LogP contribution in [-0.4, -0.2) is 34.7 Å². The maximum absolute atomic E-state index is 10.7. The summed E-state index contributed by atoms with van der Waals surface area (Å²) in [6.45, 7) is 7.54. The predicted molar refractivity (Wildman–Crippen MR) is 112 cm³/mol. The fourth-order valence-corrected chi connectivity index (χ4v) is 3.80. The first-order chi connectivity index (χ1) is 14.1. The molecule has 1 aromatic carbocycles. The highest BCUT2D eigenvalue weighted by Crippen LogP contribution is 2.30. The molecule has 0 fully saturated rings. The van der Waals surface area contributed by atoms with Gasteiger partial charge >= 0.3 is 0 Å². The van der Waals surface area contributed by atoms with Gasteiger partial charge in [-0.1, -0.05) is 19.1 Å². The lowest BCUT2D eigenvalue weighted by atomic mass is 10.00. The van der Waals surface area contributed by atoms with Crippen molar-refractivity contribution in [2.45, 2.75) is 38.8 Å². The van der Waals surface area contributed by atoms with Gasteiger partial charge in [-0.25, -0.2) is 0 Å². The van der Waals surface area contributed by atoms with Crippen LogP contribution in [0.4, 0.5) is 0 Å². The second-order valence-corrected chi connectivity index (χ2v) is 7.82. The van der Waals surface area contributed by atoms with Crippen LogP contribution in [0.25, 0.3) is 0 Å². The standard InChI is InChI=1S/C24H28N2O3/c1-17(22-7-5-18(2)29-22)9-11-26-12-13-28-23-8-6-19(14-21(23)16-26)24(27)20-4-3-10-25-15-20/h3-8,10,14-15,17,24,27H,9,11-13,16H2,1-2H3. The van der Waals surface area contributed by atoms with Gasteiger partial charge in [-0.05, 0) is 55.8 Å². The van der Waals surface area contributed by atoms with E-state index in [2.05, 4.69) is 28.9 Å². The van der Waals surface area contributed by atoms with Crippen LogP contribution >= 0.6 is 0 Å². The lowest BCUT2D eigenvalue weighted by Crippen LogP contribution is -2.27. The van der Waals surface area contributed by atoms with Crippen molar-refractivity contribution in [3.8, 4) is 5.75 Å². The number of hydrogen-bond acceptors (Lipinski definition) is 5. The van der Waals surface area contributed by atoms with E-state index in [0.717, 1.165) is 60.0 Å². The minimum Gasteiger partial charge on any atom is -0.492 e. The van der Waals surface area contributed by atoms with Crippen molar-refractivity contribution in [2.24, 2.45) is 0 Å². The van der Waals surface area contributed by atoms with Crippen molar-refractivity contribution in [1.29, 1.82) is 0 Å². The molecular formula is C24H28N2O3. The van der Waals surface area contributed by atoms with Crippen LogP contribution < -0.4 is 4.74 Å². The number of rotatable bonds is 6. The molecule has 0 saturated heterocycles. The van der Waals surface area contributed by atoms with E-state index in [-0.39, 0.29) is 0 Å². The topological polar surface area (TPSA) is 58.7 Å². The summed E-state index contributed by atoms with van der Waals surface area (Å²) in [6, 6.07) is 13.8. The summed E-state index contributed by atoms with van der Waals surface area (Å²) in [5, 5.41) is 10.7. The number of benzene rings is 1. The Kier molecular flexibility index (Phi) is 5.97. The number of aromatic nitrogens is 1. The highest BCUT2D eigenvalue weighted by atomic mass is 16.5. The molecule has 4 rings (SSSR count). The first kappa shape index (κ1) is 19.7. The maximum atomic E-state index is 10.7. The molecule has 2 aromatic heterocycles. The number of aliphatic hydroxyl groups excluding tert-OH is 1. The Morgan fingerprint density at radius 3 is 2.83 bits per heavy atom. The summed E-state index contributed by atoms with van der Waals surface area (Å²) < 4.78 is 11.7. The number of aliphatic hydroxyl groups is 1. The van der Waals surface area contributed by atoms with E-state index < -0.39 is 6.10 Å². The molecule has 1 aliphatic heterocycles. The summed E-state index contributed by atoms with van der Waals surface area (Å²) in [4.78, 5) is 6.53. The Bertz CT molecular complexity index is 938. The Balaban J connectivity index is 1.44. The van der Waals surface area contributed by atoms with Gasteiger partial charge in [-0.2, -0.15) is 0 Å². The van der Waals surface area contributed by atoms with Crippen LogP contribution in [0.1, 0.15) is 53.6 Å². The normalized spacial score (nSPS) is 16.5. The molecule has 5 heteroatoms. The van der Waals surface area contributed by atoms with Gasteiger partial charge in [0.2, 0.25) is 0 Å². The fraction of sp³-hybridized carbons (Fsp3) is 0.375. The molecule has 0 amide bonds. The van der Waals surface area contributed by atoms with Crippen molar-refractivity contribution >= 4 is 0 Å². The van der Waals surface area contributed by atoms with Crippen molar-refractivity contribution in [3.05, 3.63) is 83.1 Å². The number of ether oxygens (including phenoxy) is 1. The monoisotopic (exact) mass is 392 g/mol. The van der Waals surface area contributed by atoms with Crippen LogP contribution in [0.2, 0.25) is 0 Å². The van der Waals surface area contributed by atoms with Crippen molar-refractivity contribution in [3.63, 3.8) is 0 Å². The van der Waals surface area contributed by atoms with Gasteiger partial charge in [0.15, 0.2) is 0 Å². The first-order valence-electron chi connectivity index (χ1n) is 10.2. The molecule has 1 aliphatic rings. The molecule has 152 valence electrons. The van der Waals surface area contributed by atoms with E-state index in [1.165, 1.54) is 0 Å². The van der Waals surface area contributed by atoms with Gasteiger partial charge in [0.25, 0.3) is 0 Å². The summed E-state index contributed by atoms with van der Waals surface area (Å²) in [6.07, 6.45) is 3.76. The Labute approximate surface area is 172 Å². The van der Waals surface area contributed by atoms with Gasteiger partial charge in [0, 0.05) is 42.5 Å². The molecule has 0 aliphatic carbocycles. The Hall–Kier alpha value is -2.63. The molecule has 2 unspecified atom stereocenters. The quantitative estimate of drug-likeness (QED) is 0.671. The minimum atomic E-state index is -0.687. The van der Waals surface area contributed by atoms with E-state index in [1.54, 1.807) is 12.4 Å². The van der Waals surface area contributed by atoms with Crippen molar-refractivity contribution < 1.29 is 14.3 Å². The molecule has 29 heavy (non-hydrogen) atoms. The Morgan fingerprint density at radius 2 is 2.07 bits per heavy atom. The third-order valence-corrected chi connectivity index (χ3v) is 5.58. The fourth-order valence-electron chi connectivity index (χ4n) is 3.80. The largest absolute Gasteiger partial charge is 0.492 e. The van der Waals surface area contributed by atoms with E-state index >= 15 is 0 Å². The first-order valence-corrected chi connectivity index (χ1v) is 10.2. The molecule has 0 bridgehead atoms. The highest BCUT2D eigenvalue weighted by molar-refractivity contribution is 5.40. The van der Waals surface area contributed by atoms with E-state index in [1.807, 2.05) is 37.3 Å². The predicted octanol–water partition coefficient (Wildman–Crippen LogP) is 4.45. The van der Waals surface area contributed by atoms with E-state index in [0.29, 0.717) is 12.5 Å². The summed E-state index contributed by atoms with van der Waals surface area (Å²) in [5.74, 6) is 3.30. The average molecular weight is 392 g/mol. The molecular weight excluding hydrogens is 364 g/mol. The lowest BCUT2D eigenvalue weighted by Gasteiger charge is -2.21. The third kappa shape index (κ3) is 4.69. The summed E-state index contributed by atoms with van der Waals surface area (Å²) in [5.41, 5.74) is 2.77. The minimum absolute atomic E-state index is 0.381. The van der Waals surface area contributed by atoms with Crippen LogP contribution in [0, 0.1) is 6.92 Å². The lowest BCUT2D eigenvalue weighted by molar-refractivity contribution is 0.218. The number of fused-ring (bicyclic) bond motifs is 1. The van der Waals surface area contributed by atoms with Crippen molar-refractivity contribution in [2.75, 3.05) is 19.7 Å². The van der Waals surface area contributed by atoms with Gasteiger partial charge in [-0.15, -0.1) is 0 Å². The maximum Gasteiger partial charge on any atom is 0.123 e. The number of pyridine rings is 1. The second-order valence-electron chi connectivity index (χ2n) is 7.82. The van der Waals surface area contributed by atoms with Gasteiger partial charge in [-0.3, -0.25) is 9.88 Å². The zero-order chi connectivity index (χ0) is 20.2. The SMILES string of the molecule is Cc1ccc(C(C)CCN2CCOc3ccc(C(O)c4cccnc4)cc3C2)o1. The number of aryl methyl sites for hydroxylation is 1. The molecule has 5 nitrogen and oxygen atoms in total. The molecule has 1 N–H and O–H groups in total. The van der Waals surface area contributed by atoms with Crippen LogP contribution in [0.5, 0.6) is 5.75 Å².